The van der Waals surface area contributed by atoms with E-state index in [0.29, 0.717) is 0 Å². The molecule has 0 unspecified atom stereocenters. The number of nitrogens with zero attached hydrogens (tertiary/aromatic N) is 2. The number of benzene rings is 4. The van der Waals surface area contributed by atoms with Gasteiger partial charge in [0.2, 0.25) is 11.8 Å². The topological polar surface area (TPSA) is 101 Å². The number of fused-ring (bicyclic) bond motifs is 2. The van der Waals surface area contributed by atoms with Gasteiger partial charge < -0.3 is 9.47 Å². The van der Waals surface area contributed by atoms with Gasteiger partial charge in [-0.3, -0.25) is 9.59 Å². The van der Waals surface area contributed by atoms with Crippen LogP contribution in [0.4, 0.5) is 0 Å². The summed E-state index contributed by atoms with van der Waals surface area (Å²) in [6.07, 6.45) is 7.28. The summed E-state index contributed by atoms with van der Waals surface area (Å²) in [5, 5.41) is 12.8. The van der Waals surface area contributed by atoms with Gasteiger partial charge in [-0.1, -0.05) is 48.5 Å². The minimum absolute atomic E-state index is 0.218. The molecule has 47 heavy (non-hydrogen) atoms. The zero-order chi connectivity index (χ0) is 33.5. The summed E-state index contributed by atoms with van der Waals surface area (Å²) in [6.45, 7) is 3.71. The number of methoxy groups -OCH3 is 2. The molecule has 0 saturated carbocycles. The molecule has 0 aliphatic rings. The first-order valence-corrected chi connectivity index (χ1v) is 18.1. The van der Waals surface area contributed by atoms with E-state index in [1.165, 1.54) is 0 Å². The summed E-state index contributed by atoms with van der Waals surface area (Å²) < 4.78 is 12.7. The number of carbonyl (C=O) groups excluding carboxylic acids is 2. The summed E-state index contributed by atoms with van der Waals surface area (Å²) in [5.41, 5.74) is 8.85. The second-order valence-electron chi connectivity index (χ2n) is 10.8. The van der Waals surface area contributed by atoms with Crippen LogP contribution in [0.2, 0.25) is 0 Å². The summed E-state index contributed by atoms with van der Waals surface area (Å²) in [6, 6.07) is 23.6. The highest BCUT2D eigenvalue weighted by Crippen LogP contribution is 2.38. The number of amides is 2. The van der Waals surface area contributed by atoms with Gasteiger partial charge in [0.05, 0.1) is 46.9 Å². The molecular weight excluding hydrogens is 649 g/mol. The van der Waals surface area contributed by atoms with Crippen molar-refractivity contribution in [2.75, 3.05) is 26.7 Å². The van der Waals surface area contributed by atoms with E-state index in [-0.39, 0.29) is 11.8 Å². The highest BCUT2D eigenvalue weighted by atomic mass is 32.2. The third-order valence-corrected chi connectivity index (χ3v) is 11.4. The summed E-state index contributed by atoms with van der Waals surface area (Å²) in [7, 11) is 3.28. The molecule has 2 N–H and O–H groups in total. The zero-order valence-corrected chi connectivity index (χ0v) is 29.4. The minimum atomic E-state index is -0.411. The molecule has 0 aliphatic heterocycles. The van der Waals surface area contributed by atoms with Crippen molar-refractivity contribution < 1.29 is 19.1 Å². The van der Waals surface area contributed by atoms with E-state index in [1.54, 1.807) is 61.5 Å². The Hall–Kier alpha value is -4.32. The first kappa shape index (κ1) is 34.0. The van der Waals surface area contributed by atoms with Crippen LogP contribution in [0.15, 0.2) is 91.4 Å². The van der Waals surface area contributed by atoms with Crippen molar-refractivity contribution >= 4 is 80.6 Å². The fourth-order valence-electron chi connectivity index (χ4n) is 5.06. The van der Waals surface area contributed by atoms with E-state index >= 15 is 0 Å². The predicted molar refractivity (Wildman–Crippen MR) is 197 cm³/mol. The van der Waals surface area contributed by atoms with Crippen molar-refractivity contribution in [1.82, 2.24) is 10.9 Å². The normalized spacial score (nSPS) is 12.9. The number of hydrazone groups is 2. The quantitative estimate of drug-likeness (QED) is 0.0784. The maximum atomic E-state index is 13.1. The highest BCUT2D eigenvalue weighted by Gasteiger charge is 2.19. The van der Waals surface area contributed by atoms with Crippen LogP contribution >= 0.6 is 34.9 Å². The van der Waals surface area contributed by atoms with Crippen molar-refractivity contribution in [1.29, 1.82) is 0 Å². The highest BCUT2D eigenvalue weighted by molar-refractivity contribution is 8.02. The molecule has 1 aromatic heterocycles. The van der Waals surface area contributed by atoms with Gasteiger partial charge in [-0.25, -0.2) is 10.9 Å². The van der Waals surface area contributed by atoms with E-state index in [0.717, 1.165) is 63.7 Å². The molecular formula is C36H36N4O4S3. The van der Waals surface area contributed by atoms with Crippen LogP contribution in [-0.4, -0.2) is 51.0 Å². The molecule has 0 radical (unpaired) electrons. The van der Waals surface area contributed by atoms with E-state index in [4.69, 9.17) is 9.47 Å². The monoisotopic (exact) mass is 684 g/mol. The lowest BCUT2D eigenvalue weighted by Crippen LogP contribution is -2.24. The lowest BCUT2D eigenvalue weighted by molar-refractivity contribution is -0.122. The zero-order valence-electron chi connectivity index (χ0n) is 27.0. The Kier molecular flexibility index (Phi) is 11.2. The van der Waals surface area contributed by atoms with Gasteiger partial charge in [0.1, 0.15) is 11.5 Å². The second kappa shape index (κ2) is 15.5. The Morgan fingerprint density at radius 1 is 0.660 bits per heavy atom. The van der Waals surface area contributed by atoms with E-state index in [2.05, 4.69) is 21.1 Å². The largest absolute Gasteiger partial charge is 0.497 e. The fraction of sp³-hybridized carbons (Fsp3) is 0.222. The predicted octanol–water partition coefficient (Wildman–Crippen LogP) is 8.02. The Balaban J connectivity index is 1.27. The van der Waals surface area contributed by atoms with Crippen LogP contribution < -0.4 is 20.3 Å². The molecule has 242 valence electrons. The van der Waals surface area contributed by atoms with Gasteiger partial charge in [-0.15, -0.1) is 34.9 Å². The maximum absolute atomic E-state index is 13.1. The molecule has 1 heterocycles. The summed E-state index contributed by atoms with van der Waals surface area (Å²) in [5.74, 6) is 0.321. The standard InChI is InChI=1S/C36H36N4O4S3/c1-21(23-7-9-27-17-29(43-3)13-11-25(27)15-23)33(41)39-37-19-31-32(36(46-6)47-35(31)45-5)20-38-40-34(42)22(2)24-8-10-28-18-30(44-4)14-12-26(28)16-24/h7-22H,1-6H3,(H,39,41)(H,40,42)/b37-19-,38-20-/t21-,22-/m1/s1. The maximum Gasteiger partial charge on any atom is 0.247 e. The third kappa shape index (κ3) is 7.81. The van der Waals surface area contributed by atoms with Crippen molar-refractivity contribution in [2.45, 2.75) is 34.1 Å². The molecule has 5 rings (SSSR count). The van der Waals surface area contributed by atoms with Gasteiger partial charge in [0, 0.05) is 11.1 Å². The molecule has 4 aromatic carbocycles. The number of thiophene rings is 1. The summed E-state index contributed by atoms with van der Waals surface area (Å²) >= 11 is 4.80. The molecule has 0 fully saturated rings. The molecule has 0 bridgehead atoms. The number of hydrogen-bond donors (Lipinski definition) is 2. The van der Waals surface area contributed by atoms with E-state index < -0.39 is 11.8 Å². The number of carbonyl (C=O) groups is 2. The molecule has 5 aromatic rings. The van der Waals surface area contributed by atoms with Gasteiger partial charge in [0.25, 0.3) is 0 Å². The first-order chi connectivity index (χ1) is 22.8. The average molecular weight is 685 g/mol. The Morgan fingerprint density at radius 2 is 1.04 bits per heavy atom. The summed E-state index contributed by atoms with van der Waals surface area (Å²) in [4.78, 5) is 26.1. The molecule has 11 heteroatoms. The fourth-order valence-corrected chi connectivity index (χ4v) is 7.86. The molecule has 0 aliphatic carbocycles. The van der Waals surface area contributed by atoms with Crippen molar-refractivity contribution in [3.05, 3.63) is 95.1 Å². The van der Waals surface area contributed by atoms with E-state index in [1.807, 2.05) is 99.2 Å². The molecule has 2 atom stereocenters. The average Bonchev–Trinajstić information content (AvgIpc) is 3.45. The van der Waals surface area contributed by atoms with Crippen molar-refractivity contribution in [2.24, 2.45) is 10.2 Å². The van der Waals surface area contributed by atoms with Crippen molar-refractivity contribution in [3.63, 3.8) is 0 Å². The van der Waals surface area contributed by atoms with Crippen LogP contribution in [0, 0.1) is 0 Å². The third-order valence-electron chi connectivity index (χ3n) is 7.95. The minimum Gasteiger partial charge on any atom is -0.497 e. The van der Waals surface area contributed by atoms with Crippen LogP contribution in [0.25, 0.3) is 21.5 Å². The lowest BCUT2D eigenvalue weighted by Gasteiger charge is -2.12. The Labute approximate surface area is 287 Å². The van der Waals surface area contributed by atoms with Gasteiger partial charge in [-0.05, 0) is 83.3 Å². The smallest absolute Gasteiger partial charge is 0.247 e. The number of nitrogens with one attached hydrogen (secondary N) is 2. The molecule has 8 nitrogen and oxygen atoms in total. The molecule has 0 saturated heterocycles. The Morgan fingerprint density at radius 3 is 1.43 bits per heavy atom. The van der Waals surface area contributed by atoms with Crippen LogP contribution in [-0.2, 0) is 9.59 Å². The van der Waals surface area contributed by atoms with Gasteiger partial charge in [0.15, 0.2) is 0 Å². The number of rotatable bonds is 12. The van der Waals surface area contributed by atoms with Crippen LogP contribution in [0.1, 0.15) is 47.9 Å². The number of ether oxygens (including phenoxy) is 2. The van der Waals surface area contributed by atoms with E-state index in [9.17, 15) is 9.59 Å². The van der Waals surface area contributed by atoms with Crippen LogP contribution in [0.5, 0.6) is 11.5 Å². The van der Waals surface area contributed by atoms with Gasteiger partial charge >= 0.3 is 0 Å². The number of hydrogen-bond acceptors (Lipinski definition) is 9. The van der Waals surface area contributed by atoms with Crippen molar-refractivity contribution in [3.8, 4) is 11.5 Å². The molecule has 2 amide bonds. The SMILES string of the molecule is COc1ccc2cc([C@@H](C)C(=O)N/N=C\c3c(SC)sc(SC)c3/C=N\NC(=O)[C@H](C)c3ccc4cc(OC)ccc4c3)ccc2c1. The Bertz CT molecular complexity index is 1850. The van der Waals surface area contributed by atoms with Crippen LogP contribution in [0.3, 0.4) is 0 Å². The molecule has 0 spiro atoms. The first-order valence-electron chi connectivity index (χ1n) is 14.8. The second-order valence-corrected chi connectivity index (χ2v) is 13.9. The lowest BCUT2D eigenvalue weighted by atomic mass is 9.97. The van der Waals surface area contributed by atoms with Gasteiger partial charge in [-0.2, -0.15) is 10.2 Å². The number of thioether (sulfide) groups is 2.